The minimum atomic E-state index is -0.174. The van der Waals surface area contributed by atoms with E-state index >= 15 is 0 Å². The topological polar surface area (TPSA) is 76.8 Å². The Morgan fingerprint density at radius 2 is 1.96 bits per heavy atom. The van der Waals surface area contributed by atoms with Crippen molar-refractivity contribution in [3.05, 3.63) is 57.7 Å². The number of fused-ring (bicyclic) bond motifs is 1. The Balaban J connectivity index is 1.61. The number of amides is 1. The molecule has 0 atom stereocenters. The van der Waals surface area contributed by atoms with Crippen molar-refractivity contribution in [3.63, 3.8) is 0 Å². The summed E-state index contributed by atoms with van der Waals surface area (Å²) >= 11 is 12.4. The van der Waals surface area contributed by atoms with E-state index in [2.05, 4.69) is 20.2 Å². The lowest BCUT2D eigenvalue weighted by molar-refractivity contribution is 0.0708. The van der Waals surface area contributed by atoms with Gasteiger partial charge in [-0.1, -0.05) is 29.3 Å². The number of halogens is 2. The minimum Gasteiger partial charge on any atom is -0.329 e. The highest BCUT2D eigenvalue weighted by atomic mass is 35.5. The molecule has 9 heteroatoms. The normalized spacial score (nSPS) is 13.6. The zero-order chi connectivity index (χ0) is 18.3. The van der Waals surface area contributed by atoms with Gasteiger partial charge < -0.3 is 9.47 Å². The van der Waals surface area contributed by atoms with Crippen molar-refractivity contribution < 1.29 is 4.79 Å². The summed E-state index contributed by atoms with van der Waals surface area (Å²) in [5, 5.41) is 9.10. The maximum atomic E-state index is 12.9. The molecule has 1 amide bonds. The standard InChI is InChI=1S/C17H14Cl2N6O/c1-10-2-3-11(15(19)14(10)18)17(26)24-6-7-25-13(9-24)22-23-16(25)12-8-20-4-5-21-12/h2-5,8H,6-7,9H2,1H3. The fourth-order valence-corrected chi connectivity index (χ4v) is 3.37. The Hall–Kier alpha value is -2.51. The number of benzene rings is 1. The zero-order valence-electron chi connectivity index (χ0n) is 13.9. The molecule has 2 aromatic heterocycles. The average molecular weight is 389 g/mol. The number of nitrogens with zero attached hydrogens (tertiary/aromatic N) is 6. The van der Waals surface area contributed by atoms with E-state index in [1.165, 1.54) is 0 Å². The van der Waals surface area contributed by atoms with Gasteiger partial charge in [0.15, 0.2) is 11.6 Å². The van der Waals surface area contributed by atoms with E-state index in [-0.39, 0.29) is 10.9 Å². The number of aromatic nitrogens is 5. The number of aryl methyl sites for hydroxylation is 1. The average Bonchev–Trinajstić information content (AvgIpc) is 3.09. The second kappa shape index (κ2) is 6.66. The van der Waals surface area contributed by atoms with Crippen LogP contribution >= 0.6 is 23.2 Å². The summed E-state index contributed by atoms with van der Waals surface area (Å²) < 4.78 is 1.96. The van der Waals surface area contributed by atoms with Gasteiger partial charge in [0.25, 0.3) is 5.91 Å². The van der Waals surface area contributed by atoms with Gasteiger partial charge in [0.05, 0.1) is 28.4 Å². The summed E-state index contributed by atoms with van der Waals surface area (Å²) in [5.74, 6) is 1.17. The van der Waals surface area contributed by atoms with Crippen LogP contribution in [0.2, 0.25) is 10.0 Å². The summed E-state index contributed by atoms with van der Waals surface area (Å²) in [6.07, 6.45) is 4.86. The first-order valence-corrected chi connectivity index (χ1v) is 8.74. The number of carbonyl (C=O) groups is 1. The molecule has 7 nitrogen and oxygen atoms in total. The van der Waals surface area contributed by atoms with Gasteiger partial charge in [0.2, 0.25) is 0 Å². The number of carbonyl (C=O) groups excluding carboxylic acids is 1. The van der Waals surface area contributed by atoms with Crippen LogP contribution < -0.4 is 0 Å². The lowest BCUT2D eigenvalue weighted by Crippen LogP contribution is -2.38. The van der Waals surface area contributed by atoms with Crippen LogP contribution in [-0.2, 0) is 13.1 Å². The summed E-state index contributed by atoms with van der Waals surface area (Å²) in [6, 6.07) is 3.50. The first-order valence-electron chi connectivity index (χ1n) is 7.98. The van der Waals surface area contributed by atoms with Gasteiger partial charge in [-0.3, -0.25) is 9.78 Å². The highest BCUT2D eigenvalue weighted by Gasteiger charge is 2.27. The van der Waals surface area contributed by atoms with Gasteiger partial charge in [0.1, 0.15) is 5.69 Å². The fourth-order valence-electron chi connectivity index (χ4n) is 2.92. The summed E-state index contributed by atoms with van der Waals surface area (Å²) in [6.45, 7) is 3.27. The molecule has 4 rings (SSSR count). The van der Waals surface area contributed by atoms with Crippen LogP contribution in [-0.4, -0.2) is 42.1 Å². The van der Waals surface area contributed by atoms with Crippen LogP contribution in [0.15, 0.2) is 30.7 Å². The zero-order valence-corrected chi connectivity index (χ0v) is 15.4. The SMILES string of the molecule is Cc1ccc(C(=O)N2CCn3c(nnc3-c3cnccn3)C2)c(Cl)c1Cl. The molecule has 0 saturated heterocycles. The van der Waals surface area contributed by atoms with Crippen LogP contribution in [0, 0.1) is 6.92 Å². The quantitative estimate of drug-likeness (QED) is 0.674. The van der Waals surface area contributed by atoms with E-state index in [0.717, 1.165) is 5.56 Å². The van der Waals surface area contributed by atoms with Crippen molar-refractivity contribution in [1.82, 2.24) is 29.6 Å². The molecule has 3 heterocycles. The molecule has 0 N–H and O–H groups in total. The molecule has 0 fully saturated rings. The molecule has 0 unspecified atom stereocenters. The third kappa shape index (κ3) is 2.83. The van der Waals surface area contributed by atoms with E-state index in [4.69, 9.17) is 23.2 Å². The van der Waals surface area contributed by atoms with Crippen LogP contribution in [0.25, 0.3) is 11.5 Å². The van der Waals surface area contributed by atoms with Crippen LogP contribution in [0.4, 0.5) is 0 Å². The van der Waals surface area contributed by atoms with E-state index in [0.29, 0.717) is 47.6 Å². The Kier molecular flexibility index (Phi) is 4.34. The second-order valence-corrected chi connectivity index (χ2v) is 6.72. The monoisotopic (exact) mass is 388 g/mol. The van der Waals surface area contributed by atoms with Gasteiger partial charge in [-0.25, -0.2) is 4.98 Å². The predicted molar refractivity (Wildman–Crippen MR) is 97.0 cm³/mol. The molecule has 132 valence electrons. The van der Waals surface area contributed by atoms with Crippen molar-refractivity contribution >= 4 is 29.1 Å². The second-order valence-electron chi connectivity index (χ2n) is 5.97. The highest BCUT2D eigenvalue weighted by molar-refractivity contribution is 6.44. The van der Waals surface area contributed by atoms with Crippen molar-refractivity contribution in [2.75, 3.05) is 6.54 Å². The molecule has 0 spiro atoms. The van der Waals surface area contributed by atoms with Crippen molar-refractivity contribution in [2.24, 2.45) is 0 Å². The lowest BCUT2D eigenvalue weighted by Gasteiger charge is -2.28. The third-order valence-electron chi connectivity index (χ3n) is 4.34. The molecule has 1 aliphatic heterocycles. The van der Waals surface area contributed by atoms with Crippen LogP contribution in [0.1, 0.15) is 21.7 Å². The van der Waals surface area contributed by atoms with E-state index in [1.807, 2.05) is 11.5 Å². The lowest BCUT2D eigenvalue weighted by atomic mass is 10.1. The van der Waals surface area contributed by atoms with Crippen molar-refractivity contribution in [1.29, 1.82) is 0 Å². The molecule has 1 aliphatic rings. The number of hydrogen-bond donors (Lipinski definition) is 0. The number of hydrogen-bond acceptors (Lipinski definition) is 5. The van der Waals surface area contributed by atoms with E-state index < -0.39 is 0 Å². The van der Waals surface area contributed by atoms with E-state index in [1.54, 1.807) is 35.6 Å². The van der Waals surface area contributed by atoms with Crippen molar-refractivity contribution in [3.8, 4) is 11.5 Å². The molecule has 0 radical (unpaired) electrons. The molecule has 1 aromatic carbocycles. The summed E-state index contributed by atoms with van der Waals surface area (Å²) in [5.41, 5.74) is 1.88. The van der Waals surface area contributed by atoms with Gasteiger partial charge >= 0.3 is 0 Å². The van der Waals surface area contributed by atoms with Crippen LogP contribution in [0.5, 0.6) is 0 Å². The third-order valence-corrected chi connectivity index (χ3v) is 5.31. The first-order chi connectivity index (χ1) is 12.6. The van der Waals surface area contributed by atoms with Crippen LogP contribution in [0.3, 0.4) is 0 Å². The van der Waals surface area contributed by atoms with Gasteiger partial charge in [-0.05, 0) is 18.6 Å². The van der Waals surface area contributed by atoms with Gasteiger partial charge in [-0.15, -0.1) is 10.2 Å². The Bertz CT molecular complexity index is 988. The number of rotatable bonds is 2. The molecule has 0 saturated carbocycles. The largest absolute Gasteiger partial charge is 0.329 e. The smallest absolute Gasteiger partial charge is 0.255 e. The van der Waals surface area contributed by atoms with E-state index in [9.17, 15) is 4.79 Å². The molecular formula is C17H14Cl2N6O. The maximum absolute atomic E-state index is 12.9. The fraction of sp³-hybridized carbons (Fsp3) is 0.235. The Morgan fingerprint density at radius 3 is 2.73 bits per heavy atom. The summed E-state index contributed by atoms with van der Waals surface area (Å²) in [4.78, 5) is 22.9. The minimum absolute atomic E-state index is 0.174. The Morgan fingerprint density at radius 1 is 1.12 bits per heavy atom. The maximum Gasteiger partial charge on any atom is 0.255 e. The van der Waals surface area contributed by atoms with Gasteiger partial charge in [-0.2, -0.15) is 0 Å². The summed E-state index contributed by atoms with van der Waals surface area (Å²) in [7, 11) is 0. The Labute approximate surface area is 159 Å². The first kappa shape index (κ1) is 16.9. The predicted octanol–water partition coefficient (Wildman–Crippen LogP) is 3.01. The molecular weight excluding hydrogens is 375 g/mol. The molecule has 3 aromatic rings. The van der Waals surface area contributed by atoms with Crippen molar-refractivity contribution in [2.45, 2.75) is 20.0 Å². The molecule has 26 heavy (non-hydrogen) atoms. The van der Waals surface area contributed by atoms with Gasteiger partial charge in [0, 0.05) is 25.5 Å². The molecule has 0 aliphatic carbocycles. The highest BCUT2D eigenvalue weighted by Crippen LogP contribution is 2.30. The molecule has 0 bridgehead atoms.